The molecule has 0 bridgehead atoms. The Bertz CT molecular complexity index is 631. The second-order valence-corrected chi connectivity index (χ2v) is 3.70. The zero-order valence-electron chi connectivity index (χ0n) is 6.53. The van der Waals surface area contributed by atoms with Crippen molar-refractivity contribution in [1.29, 1.82) is 0 Å². The Morgan fingerprint density at radius 2 is 2.31 bits per heavy atom. The molecule has 1 N–H and O–H groups in total. The van der Waals surface area contributed by atoms with Crippen LogP contribution in [0.25, 0.3) is 21.2 Å². The third kappa shape index (κ3) is 0.805. The van der Waals surface area contributed by atoms with Crippen LogP contribution < -0.4 is 5.56 Å². The molecule has 3 rings (SSSR count). The van der Waals surface area contributed by atoms with E-state index in [9.17, 15) is 4.79 Å². The van der Waals surface area contributed by atoms with Crippen LogP contribution in [0.5, 0.6) is 0 Å². The van der Waals surface area contributed by atoms with Crippen LogP contribution in [0.2, 0.25) is 0 Å². The smallest absolute Gasteiger partial charge is 0.259 e. The van der Waals surface area contributed by atoms with Gasteiger partial charge in [0.1, 0.15) is 0 Å². The highest BCUT2D eigenvalue weighted by Crippen LogP contribution is 2.26. The Morgan fingerprint density at radius 3 is 3.23 bits per heavy atom. The summed E-state index contributed by atoms with van der Waals surface area (Å²) < 4.78 is 6.26. The van der Waals surface area contributed by atoms with E-state index in [1.807, 2.05) is 11.4 Å². The predicted octanol–water partition coefficient (Wildman–Crippen LogP) is 2.34. The van der Waals surface area contributed by atoms with Crippen molar-refractivity contribution in [2.45, 2.75) is 0 Å². The number of nitrogens with one attached hydrogen (secondary N) is 1. The van der Waals surface area contributed by atoms with Gasteiger partial charge in [0, 0.05) is 0 Å². The first-order valence-corrected chi connectivity index (χ1v) is 4.71. The average molecular weight is 191 g/mol. The lowest BCUT2D eigenvalue weighted by molar-refractivity contribution is 0.619. The first kappa shape index (κ1) is 6.91. The number of thiophene rings is 1. The van der Waals surface area contributed by atoms with E-state index in [-0.39, 0.29) is 5.56 Å². The molecule has 0 unspecified atom stereocenters. The first-order chi connectivity index (χ1) is 6.36. The number of fused-ring (bicyclic) bond motifs is 3. The van der Waals surface area contributed by atoms with Gasteiger partial charge in [-0.1, -0.05) is 0 Å². The van der Waals surface area contributed by atoms with Crippen LogP contribution in [0, 0.1) is 0 Å². The maximum atomic E-state index is 11.4. The Kier molecular flexibility index (Phi) is 1.19. The lowest BCUT2D eigenvalue weighted by atomic mass is 10.3. The number of hydrogen-bond donors (Lipinski definition) is 1. The van der Waals surface area contributed by atoms with Crippen molar-refractivity contribution in [1.82, 2.24) is 4.98 Å². The number of aromatic amines is 1. The Morgan fingerprint density at radius 1 is 1.38 bits per heavy atom. The van der Waals surface area contributed by atoms with Gasteiger partial charge in [-0.3, -0.25) is 4.79 Å². The van der Waals surface area contributed by atoms with Gasteiger partial charge in [0.05, 0.1) is 21.9 Å². The Labute approximate surface area is 76.6 Å². The molecular formula is C9H5NO2S. The van der Waals surface area contributed by atoms with Crippen LogP contribution in [-0.2, 0) is 0 Å². The molecule has 0 radical (unpaired) electrons. The van der Waals surface area contributed by atoms with Crippen molar-refractivity contribution in [2.24, 2.45) is 0 Å². The fourth-order valence-electron chi connectivity index (χ4n) is 1.44. The maximum absolute atomic E-state index is 11.4. The highest BCUT2D eigenvalue weighted by molar-refractivity contribution is 7.18. The molecule has 64 valence electrons. The van der Waals surface area contributed by atoms with Gasteiger partial charge in [-0.05, 0) is 17.5 Å². The summed E-state index contributed by atoms with van der Waals surface area (Å²) >= 11 is 1.57. The van der Waals surface area contributed by atoms with Crippen molar-refractivity contribution in [3.05, 3.63) is 34.1 Å². The molecule has 0 saturated heterocycles. The number of hydrogen-bond acceptors (Lipinski definition) is 3. The van der Waals surface area contributed by atoms with Crippen molar-refractivity contribution in [2.75, 3.05) is 0 Å². The molecule has 0 spiro atoms. The van der Waals surface area contributed by atoms with Crippen LogP contribution in [0.3, 0.4) is 0 Å². The number of pyridine rings is 1. The van der Waals surface area contributed by atoms with E-state index in [4.69, 9.17) is 4.42 Å². The minimum Gasteiger partial charge on any atom is -0.463 e. The molecule has 0 fully saturated rings. The van der Waals surface area contributed by atoms with Crippen molar-refractivity contribution in [3.63, 3.8) is 0 Å². The van der Waals surface area contributed by atoms with E-state index < -0.39 is 0 Å². The highest BCUT2D eigenvalue weighted by Gasteiger charge is 2.07. The maximum Gasteiger partial charge on any atom is 0.259 e. The van der Waals surface area contributed by atoms with Crippen LogP contribution in [0.1, 0.15) is 0 Å². The monoisotopic (exact) mass is 191 g/mol. The molecule has 0 aromatic carbocycles. The summed E-state index contributed by atoms with van der Waals surface area (Å²) in [7, 11) is 0. The molecule has 0 saturated carbocycles. The van der Waals surface area contributed by atoms with Crippen molar-refractivity contribution >= 4 is 32.5 Å². The van der Waals surface area contributed by atoms with Crippen LogP contribution >= 0.6 is 11.3 Å². The van der Waals surface area contributed by atoms with E-state index in [1.165, 1.54) is 0 Å². The number of aromatic nitrogens is 1. The molecule has 13 heavy (non-hydrogen) atoms. The number of furan rings is 1. The van der Waals surface area contributed by atoms with Gasteiger partial charge < -0.3 is 9.40 Å². The summed E-state index contributed by atoms with van der Waals surface area (Å²) in [5.41, 5.74) is 1.45. The largest absolute Gasteiger partial charge is 0.463 e. The topological polar surface area (TPSA) is 46.0 Å². The van der Waals surface area contributed by atoms with E-state index in [0.717, 1.165) is 10.2 Å². The van der Waals surface area contributed by atoms with Gasteiger partial charge in [-0.15, -0.1) is 11.3 Å². The first-order valence-electron chi connectivity index (χ1n) is 3.83. The summed E-state index contributed by atoms with van der Waals surface area (Å²) in [4.78, 5) is 14.2. The Balaban J connectivity index is 2.79. The molecule has 0 aliphatic carbocycles. The molecule has 3 aromatic rings. The molecule has 0 aliphatic rings. The number of rotatable bonds is 0. The van der Waals surface area contributed by atoms with Crippen LogP contribution in [0.15, 0.2) is 33.0 Å². The zero-order chi connectivity index (χ0) is 8.84. The summed E-state index contributed by atoms with van der Waals surface area (Å²) in [5.74, 6) is 0. The molecule has 3 nitrogen and oxygen atoms in total. The van der Waals surface area contributed by atoms with Gasteiger partial charge in [0.2, 0.25) is 0 Å². The molecule has 4 heteroatoms. The third-order valence-corrected chi connectivity index (χ3v) is 2.94. The van der Waals surface area contributed by atoms with Gasteiger partial charge in [-0.2, -0.15) is 0 Å². The molecule has 0 amide bonds. The lowest BCUT2D eigenvalue weighted by Gasteiger charge is -1.89. The van der Waals surface area contributed by atoms with Crippen LogP contribution in [0.4, 0.5) is 0 Å². The van der Waals surface area contributed by atoms with E-state index in [1.54, 1.807) is 23.7 Å². The van der Waals surface area contributed by atoms with Crippen molar-refractivity contribution in [3.8, 4) is 0 Å². The van der Waals surface area contributed by atoms with Gasteiger partial charge in [0.25, 0.3) is 5.56 Å². The molecule has 3 heterocycles. The average Bonchev–Trinajstić information content (AvgIpc) is 2.66. The second-order valence-electron chi connectivity index (χ2n) is 2.78. The second kappa shape index (κ2) is 2.23. The summed E-state index contributed by atoms with van der Waals surface area (Å²) in [5, 5.41) is 2.55. The van der Waals surface area contributed by atoms with E-state index in [0.29, 0.717) is 11.0 Å². The van der Waals surface area contributed by atoms with Gasteiger partial charge in [-0.25, -0.2) is 0 Å². The third-order valence-electron chi connectivity index (χ3n) is 2.03. The fourth-order valence-corrected chi connectivity index (χ4v) is 2.29. The molecule has 0 atom stereocenters. The summed E-state index contributed by atoms with van der Waals surface area (Å²) in [6, 6.07) is 3.57. The van der Waals surface area contributed by atoms with E-state index >= 15 is 0 Å². The molecular weight excluding hydrogens is 186 g/mol. The summed E-state index contributed by atoms with van der Waals surface area (Å²) in [6.07, 6.45) is 1.54. The van der Waals surface area contributed by atoms with Gasteiger partial charge in [0.15, 0.2) is 5.58 Å². The lowest BCUT2D eigenvalue weighted by Crippen LogP contribution is -2.03. The van der Waals surface area contributed by atoms with Gasteiger partial charge >= 0.3 is 0 Å². The predicted molar refractivity (Wildman–Crippen MR) is 52.2 cm³/mol. The molecule has 0 aliphatic heterocycles. The minimum absolute atomic E-state index is 0.0883. The fraction of sp³-hybridized carbons (Fsp3) is 0. The SMILES string of the molecule is O=c1[nH]c2ccsc2c2occc12. The highest BCUT2D eigenvalue weighted by atomic mass is 32.1. The summed E-state index contributed by atoms with van der Waals surface area (Å²) in [6.45, 7) is 0. The quantitative estimate of drug-likeness (QED) is 0.592. The zero-order valence-corrected chi connectivity index (χ0v) is 7.35. The van der Waals surface area contributed by atoms with Crippen LogP contribution in [-0.4, -0.2) is 4.98 Å². The number of H-pyrrole nitrogens is 1. The standard InChI is InChI=1S/C9H5NO2S/c11-9-5-1-3-12-7(5)8-6(10-9)2-4-13-8/h1-4H,(H,10,11). The normalized spacial score (nSPS) is 11.4. The Hall–Kier alpha value is -1.55. The molecule has 3 aromatic heterocycles. The van der Waals surface area contributed by atoms with E-state index in [2.05, 4.69) is 4.98 Å². The van der Waals surface area contributed by atoms with Crippen molar-refractivity contribution < 1.29 is 4.42 Å². The minimum atomic E-state index is -0.0883.